The Hall–Kier alpha value is -1.61. The molecule has 1 rings (SSSR count). The number of aliphatic hydroxyl groups is 1. The summed E-state index contributed by atoms with van der Waals surface area (Å²) < 4.78 is 5.33. The Kier molecular flexibility index (Phi) is 10.0. The van der Waals surface area contributed by atoms with E-state index in [-0.39, 0.29) is 12.6 Å². The van der Waals surface area contributed by atoms with Gasteiger partial charge >= 0.3 is 5.97 Å². The van der Waals surface area contributed by atoms with Gasteiger partial charge in [-0.05, 0) is 24.5 Å². The van der Waals surface area contributed by atoms with E-state index in [1.807, 2.05) is 30.3 Å². The van der Waals surface area contributed by atoms with Gasteiger partial charge in [-0.1, -0.05) is 75.8 Å². The molecule has 3 heteroatoms. The number of aliphatic hydroxyl groups excluding tert-OH is 1. The van der Waals surface area contributed by atoms with Gasteiger partial charge in [-0.2, -0.15) is 0 Å². The average molecular weight is 318 g/mol. The van der Waals surface area contributed by atoms with Crippen LogP contribution in [0.5, 0.6) is 0 Å². The summed E-state index contributed by atoms with van der Waals surface area (Å²) in [6.07, 6.45) is 8.35. The van der Waals surface area contributed by atoms with Crippen LogP contribution in [0.2, 0.25) is 0 Å². The van der Waals surface area contributed by atoms with Crippen molar-refractivity contribution in [2.75, 3.05) is 13.2 Å². The van der Waals surface area contributed by atoms with Crippen LogP contribution in [-0.2, 0) is 9.53 Å². The molecular formula is C20H30O3. The number of hydrogen-bond acceptors (Lipinski definition) is 3. The van der Waals surface area contributed by atoms with E-state index in [2.05, 4.69) is 6.92 Å². The van der Waals surface area contributed by atoms with E-state index in [4.69, 9.17) is 4.74 Å². The van der Waals surface area contributed by atoms with E-state index in [1.54, 1.807) is 6.92 Å². The molecule has 0 aliphatic rings. The number of hydrogen-bond donors (Lipinski definition) is 1. The molecule has 3 nitrogen and oxygen atoms in total. The fraction of sp³-hybridized carbons (Fsp3) is 0.550. The minimum Gasteiger partial charge on any atom is -0.462 e. The van der Waals surface area contributed by atoms with E-state index >= 15 is 0 Å². The smallest absolute Gasteiger partial charge is 0.334 e. The predicted molar refractivity (Wildman–Crippen MR) is 95.1 cm³/mol. The molecule has 0 aromatic heterocycles. The Bertz CT molecular complexity index is 477. The molecule has 0 fully saturated rings. The first-order valence-electron chi connectivity index (χ1n) is 8.73. The molecule has 1 N–H and O–H groups in total. The van der Waals surface area contributed by atoms with Crippen molar-refractivity contribution in [1.82, 2.24) is 0 Å². The van der Waals surface area contributed by atoms with Crippen molar-refractivity contribution in [2.24, 2.45) is 0 Å². The number of esters is 1. The second-order valence-electron chi connectivity index (χ2n) is 5.88. The molecule has 0 amide bonds. The fourth-order valence-corrected chi connectivity index (χ4v) is 2.52. The molecule has 0 atom stereocenters. The van der Waals surface area contributed by atoms with Crippen LogP contribution in [-0.4, -0.2) is 24.3 Å². The zero-order valence-corrected chi connectivity index (χ0v) is 14.5. The third-order valence-corrected chi connectivity index (χ3v) is 4.02. The summed E-state index contributed by atoms with van der Waals surface area (Å²) in [7, 11) is 0. The number of benzene rings is 1. The van der Waals surface area contributed by atoms with Crippen LogP contribution in [0.1, 0.15) is 64.4 Å². The molecule has 23 heavy (non-hydrogen) atoms. The van der Waals surface area contributed by atoms with E-state index in [1.165, 1.54) is 32.1 Å². The van der Waals surface area contributed by atoms with Crippen molar-refractivity contribution in [2.45, 2.75) is 58.8 Å². The van der Waals surface area contributed by atoms with Crippen LogP contribution < -0.4 is 0 Å². The first kappa shape index (κ1) is 19.4. The first-order valence-corrected chi connectivity index (χ1v) is 8.73. The Morgan fingerprint density at radius 3 is 2.22 bits per heavy atom. The molecular weight excluding hydrogens is 288 g/mol. The normalized spacial score (nSPS) is 12.0. The number of carbonyl (C=O) groups excluding carboxylic acids is 1. The van der Waals surface area contributed by atoms with Gasteiger partial charge < -0.3 is 9.84 Å². The molecule has 0 bridgehead atoms. The fourth-order valence-electron chi connectivity index (χ4n) is 2.52. The van der Waals surface area contributed by atoms with E-state index in [0.717, 1.165) is 18.4 Å². The molecule has 128 valence electrons. The van der Waals surface area contributed by atoms with Crippen LogP contribution in [0.4, 0.5) is 0 Å². The molecule has 0 radical (unpaired) electrons. The molecule has 1 aromatic rings. The minimum absolute atomic E-state index is 0.164. The zero-order chi connectivity index (χ0) is 16.9. The summed E-state index contributed by atoms with van der Waals surface area (Å²) in [5.74, 6) is -0.330. The van der Waals surface area contributed by atoms with E-state index in [0.29, 0.717) is 17.8 Å². The van der Waals surface area contributed by atoms with Gasteiger partial charge in [-0.3, -0.25) is 0 Å². The van der Waals surface area contributed by atoms with Gasteiger partial charge in [0, 0.05) is 5.57 Å². The SMILES string of the molecule is CCCCCCCCCOC(=O)C(C)=C(CO)c1ccccc1. The van der Waals surface area contributed by atoms with Crippen molar-refractivity contribution in [3.8, 4) is 0 Å². The van der Waals surface area contributed by atoms with Gasteiger partial charge in [-0.15, -0.1) is 0 Å². The third kappa shape index (κ3) is 7.47. The van der Waals surface area contributed by atoms with Crippen LogP contribution >= 0.6 is 0 Å². The van der Waals surface area contributed by atoms with Gasteiger partial charge in [-0.25, -0.2) is 4.79 Å². The van der Waals surface area contributed by atoms with Crippen LogP contribution in [0.25, 0.3) is 5.57 Å². The maximum absolute atomic E-state index is 12.1. The number of ether oxygens (including phenoxy) is 1. The highest BCUT2D eigenvalue weighted by molar-refractivity contribution is 5.97. The molecule has 0 saturated heterocycles. The number of carbonyl (C=O) groups is 1. The molecule has 0 saturated carbocycles. The molecule has 0 aliphatic carbocycles. The van der Waals surface area contributed by atoms with Gasteiger partial charge in [0.2, 0.25) is 0 Å². The van der Waals surface area contributed by atoms with Crippen LogP contribution in [0.3, 0.4) is 0 Å². The summed E-state index contributed by atoms with van der Waals surface area (Å²) in [5, 5.41) is 9.55. The van der Waals surface area contributed by atoms with Gasteiger partial charge in [0.15, 0.2) is 0 Å². The van der Waals surface area contributed by atoms with Crippen molar-refractivity contribution < 1.29 is 14.6 Å². The van der Waals surface area contributed by atoms with E-state index in [9.17, 15) is 9.90 Å². The topological polar surface area (TPSA) is 46.5 Å². The summed E-state index contributed by atoms with van der Waals surface area (Å²) in [6, 6.07) is 9.47. The molecule has 0 spiro atoms. The molecule has 0 heterocycles. The zero-order valence-electron chi connectivity index (χ0n) is 14.5. The van der Waals surface area contributed by atoms with Crippen molar-refractivity contribution >= 4 is 11.5 Å². The quantitative estimate of drug-likeness (QED) is 0.364. The van der Waals surface area contributed by atoms with Gasteiger partial charge in [0.05, 0.1) is 13.2 Å². The maximum Gasteiger partial charge on any atom is 0.334 e. The van der Waals surface area contributed by atoms with Crippen LogP contribution in [0.15, 0.2) is 35.9 Å². The lowest BCUT2D eigenvalue weighted by Gasteiger charge is -2.10. The summed E-state index contributed by atoms with van der Waals surface area (Å²) >= 11 is 0. The highest BCUT2D eigenvalue weighted by atomic mass is 16.5. The second-order valence-corrected chi connectivity index (χ2v) is 5.88. The standard InChI is InChI=1S/C20H30O3/c1-3-4-5-6-7-8-12-15-23-20(22)17(2)19(16-21)18-13-10-9-11-14-18/h9-11,13-14,21H,3-8,12,15-16H2,1-2H3. The molecule has 0 aliphatic heterocycles. The summed E-state index contributed by atoms with van der Waals surface area (Å²) in [4.78, 5) is 12.1. The van der Waals surface area contributed by atoms with Crippen LogP contribution in [0, 0.1) is 0 Å². The second kappa shape index (κ2) is 11.9. The largest absolute Gasteiger partial charge is 0.462 e. The maximum atomic E-state index is 12.1. The van der Waals surface area contributed by atoms with Gasteiger partial charge in [0.1, 0.15) is 0 Å². The summed E-state index contributed by atoms with van der Waals surface area (Å²) in [6.45, 7) is 4.22. The lowest BCUT2D eigenvalue weighted by molar-refractivity contribution is -0.139. The highest BCUT2D eigenvalue weighted by Crippen LogP contribution is 2.19. The lowest BCUT2D eigenvalue weighted by Crippen LogP contribution is -2.10. The van der Waals surface area contributed by atoms with Crippen molar-refractivity contribution in [3.05, 3.63) is 41.5 Å². The minimum atomic E-state index is -0.330. The van der Waals surface area contributed by atoms with E-state index < -0.39 is 0 Å². The predicted octanol–water partition coefficient (Wildman–Crippen LogP) is 4.75. The van der Waals surface area contributed by atoms with Gasteiger partial charge in [0.25, 0.3) is 0 Å². The number of unbranched alkanes of at least 4 members (excludes halogenated alkanes) is 6. The Morgan fingerprint density at radius 2 is 1.61 bits per heavy atom. The first-order chi connectivity index (χ1) is 11.2. The van der Waals surface area contributed by atoms with Crippen molar-refractivity contribution in [3.63, 3.8) is 0 Å². The Balaban J connectivity index is 2.37. The Morgan fingerprint density at radius 1 is 1.00 bits per heavy atom. The molecule has 1 aromatic carbocycles. The number of rotatable bonds is 11. The highest BCUT2D eigenvalue weighted by Gasteiger charge is 2.13. The molecule has 0 unspecified atom stereocenters. The summed E-state index contributed by atoms with van der Waals surface area (Å²) in [5.41, 5.74) is 1.98. The third-order valence-electron chi connectivity index (χ3n) is 4.02. The van der Waals surface area contributed by atoms with Crippen molar-refractivity contribution in [1.29, 1.82) is 0 Å². The Labute approximate surface area is 140 Å². The monoisotopic (exact) mass is 318 g/mol. The average Bonchev–Trinajstić information content (AvgIpc) is 2.58. The lowest BCUT2D eigenvalue weighted by atomic mass is 10.0.